The molecule has 6 N–H and O–H groups in total. The number of primary amides is 1. The molecule has 31 heavy (non-hydrogen) atoms. The highest BCUT2D eigenvalue weighted by Gasteiger charge is 2.63. The van der Waals surface area contributed by atoms with Crippen molar-refractivity contribution < 1.29 is 34.8 Å². The maximum atomic E-state index is 13.2. The number of benzene rings is 1. The van der Waals surface area contributed by atoms with Crippen molar-refractivity contribution >= 4 is 40.8 Å². The first kappa shape index (κ1) is 21.7. The molecule has 1 aromatic carbocycles. The van der Waals surface area contributed by atoms with Crippen LogP contribution < -0.4 is 5.73 Å². The molecule has 0 saturated heterocycles. The number of amides is 1. The average Bonchev–Trinajstić information content (AvgIpc) is 2.67. The standard InChI is InChI=1S/C20H19ClN2O7S/c1-23(2)13-6-5-9-11(14(25)10-8(24)4-3-7(21)16(10)31-9)17(27)20(6,30)18(28)12(15(13)26)19(22)29/h3-4,6,9,13,24,26-27,30H,5H2,1-2H3,(H2,22,29). The fourth-order valence-corrected chi connectivity index (χ4v) is 6.40. The summed E-state index contributed by atoms with van der Waals surface area (Å²) in [7, 11) is 3.13. The number of carbonyl (C=O) groups excluding carboxylic acids is 3. The van der Waals surface area contributed by atoms with Crippen LogP contribution in [0.1, 0.15) is 16.8 Å². The number of nitrogens with two attached hydrogens (primary N) is 1. The van der Waals surface area contributed by atoms with Crippen LogP contribution in [0.5, 0.6) is 5.75 Å². The Morgan fingerprint density at radius 2 is 1.90 bits per heavy atom. The second kappa shape index (κ2) is 6.99. The van der Waals surface area contributed by atoms with E-state index in [9.17, 15) is 34.8 Å². The number of phenolic OH excluding ortho intramolecular Hbond substituents is 1. The van der Waals surface area contributed by atoms with Crippen molar-refractivity contribution in [2.75, 3.05) is 14.1 Å². The number of ketones is 2. The third kappa shape index (κ3) is 2.75. The summed E-state index contributed by atoms with van der Waals surface area (Å²) in [5.74, 6) is -6.29. The van der Waals surface area contributed by atoms with E-state index in [-0.39, 0.29) is 28.3 Å². The molecule has 2 aliphatic carbocycles. The Labute approximate surface area is 185 Å². The van der Waals surface area contributed by atoms with Gasteiger partial charge in [-0.3, -0.25) is 19.3 Å². The lowest BCUT2D eigenvalue weighted by atomic mass is 9.63. The van der Waals surface area contributed by atoms with Crippen LogP contribution in [-0.4, -0.2) is 73.8 Å². The Balaban J connectivity index is 1.98. The molecule has 9 nitrogen and oxygen atoms in total. The van der Waals surface area contributed by atoms with Crippen LogP contribution in [0.2, 0.25) is 5.02 Å². The van der Waals surface area contributed by atoms with Crippen molar-refractivity contribution in [3.8, 4) is 5.75 Å². The summed E-state index contributed by atoms with van der Waals surface area (Å²) < 4.78 is 0. The van der Waals surface area contributed by atoms with E-state index in [2.05, 4.69) is 0 Å². The second-order valence-electron chi connectivity index (χ2n) is 7.94. The number of thioether (sulfide) groups is 1. The van der Waals surface area contributed by atoms with Crippen LogP contribution >= 0.6 is 23.4 Å². The first-order valence-electron chi connectivity index (χ1n) is 9.25. The predicted octanol–water partition coefficient (Wildman–Crippen LogP) is 1.08. The van der Waals surface area contributed by atoms with E-state index < -0.39 is 57.4 Å². The normalized spacial score (nSPS) is 30.3. The van der Waals surface area contributed by atoms with Gasteiger partial charge in [0, 0.05) is 16.1 Å². The molecule has 0 bridgehead atoms. The minimum Gasteiger partial charge on any atom is -0.510 e. The zero-order valence-electron chi connectivity index (χ0n) is 16.4. The Kier molecular flexibility index (Phi) is 4.89. The van der Waals surface area contributed by atoms with Gasteiger partial charge in [-0.1, -0.05) is 11.6 Å². The fourth-order valence-electron chi connectivity index (χ4n) is 4.69. The summed E-state index contributed by atoms with van der Waals surface area (Å²) in [6, 6.07) is 1.63. The van der Waals surface area contributed by atoms with Gasteiger partial charge in [-0.15, -0.1) is 11.8 Å². The van der Waals surface area contributed by atoms with Gasteiger partial charge in [-0.05, 0) is 32.6 Å². The number of Topliss-reactive ketones (excluding diaryl/α,β-unsaturated/α-hetero) is 2. The predicted molar refractivity (Wildman–Crippen MR) is 111 cm³/mol. The number of aliphatic hydroxyl groups is 3. The van der Waals surface area contributed by atoms with Gasteiger partial charge in [0.25, 0.3) is 5.91 Å². The van der Waals surface area contributed by atoms with Crippen molar-refractivity contribution in [3.63, 3.8) is 0 Å². The Hall–Kier alpha value is -2.53. The molecular weight excluding hydrogens is 448 g/mol. The van der Waals surface area contributed by atoms with Crippen molar-refractivity contribution in [1.82, 2.24) is 4.90 Å². The molecule has 0 spiro atoms. The van der Waals surface area contributed by atoms with Crippen LogP contribution in [0, 0.1) is 5.92 Å². The molecule has 11 heteroatoms. The molecule has 1 amide bonds. The van der Waals surface area contributed by atoms with Gasteiger partial charge in [0.2, 0.25) is 5.78 Å². The monoisotopic (exact) mass is 466 g/mol. The molecule has 4 unspecified atom stereocenters. The molecule has 4 rings (SSSR count). The molecule has 1 aromatic rings. The first-order valence-corrected chi connectivity index (χ1v) is 10.5. The third-order valence-corrected chi connectivity index (χ3v) is 7.86. The molecule has 0 radical (unpaired) electrons. The number of fused-ring (bicyclic) bond motifs is 3. The summed E-state index contributed by atoms with van der Waals surface area (Å²) >= 11 is 7.32. The van der Waals surface area contributed by atoms with Gasteiger partial charge >= 0.3 is 0 Å². The smallest absolute Gasteiger partial charge is 0.255 e. The lowest BCUT2D eigenvalue weighted by Gasteiger charge is -2.49. The highest BCUT2D eigenvalue weighted by atomic mass is 35.5. The first-order chi connectivity index (χ1) is 14.4. The van der Waals surface area contributed by atoms with Gasteiger partial charge in [-0.25, -0.2) is 0 Å². The van der Waals surface area contributed by atoms with E-state index in [0.29, 0.717) is 4.90 Å². The summed E-state index contributed by atoms with van der Waals surface area (Å²) in [5, 5.41) is 42.8. The number of likely N-dealkylation sites (N-methyl/N-ethyl adjacent to an activating group) is 1. The van der Waals surface area contributed by atoms with E-state index in [4.69, 9.17) is 17.3 Å². The number of phenols is 1. The quantitative estimate of drug-likeness (QED) is 0.401. The maximum absolute atomic E-state index is 13.2. The Bertz CT molecular complexity index is 1130. The third-order valence-electron chi connectivity index (χ3n) is 6.06. The van der Waals surface area contributed by atoms with Crippen LogP contribution in [0.15, 0.2) is 39.7 Å². The number of hydrogen-bond donors (Lipinski definition) is 5. The van der Waals surface area contributed by atoms with E-state index in [0.717, 1.165) is 11.8 Å². The minimum atomic E-state index is -2.65. The lowest BCUT2D eigenvalue weighted by Crippen LogP contribution is -2.64. The summed E-state index contributed by atoms with van der Waals surface area (Å²) in [5.41, 5.74) is 1.39. The maximum Gasteiger partial charge on any atom is 0.255 e. The van der Waals surface area contributed by atoms with Gasteiger partial charge in [-0.2, -0.15) is 0 Å². The number of hydrogen-bond acceptors (Lipinski definition) is 9. The molecule has 0 fully saturated rings. The number of carbonyl (C=O) groups is 3. The Morgan fingerprint density at radius 1 is 1.26 bits per heavy atom. The van der Waals surface area contributed by atoms with Crippen molar-refractivity contribution in [1.29, 1.82) is 0 Å². The molecule has 0 saturated carbocycles. The van der Waals surface area contributed by atoms with Crippen molar-refractivity contribution in [3.05, 3.63) is 45.4 Å². The lowest BCUT2D eigenvalue weighted by molar-refractivity contribution is -0.147. The van der Waals surface area contributed by atoms with Gasteiger partial charge in [0.05, 0.1) is 22.2 Å². The molecule has 164 valence electrons. The number of nitrogens with zero attached hydrogens (tertiary/aromatic N) is 1. The zero-order chi connectivity index (χ0) is 23.0. The van der Waals surface area contributed by atoms with Crippen LogP contribution in [0.4, 0.5) is 0 Å². The SMILES string of the molecule is CN(C)C1C(O)=C(C(N)=O)C(=O)C2(O)C(O)=C3C(=O)c4c(O)ccc(Cl)c4SC3CC12. The summed E-state index contributed by atoms with van der Waals surface area (Å²) in [6.07, 6.45) is -0.0115. The van der Waals surface area contributed by atoms with Crippen molar-refractivity contribution in [2.24, 2.45) is 11.7 Å². The zero-order valence-corrected chi connectivity index (χ0v) is 18.0. The van der Waals surface area contributed by atoms with Gasteiger partial charge in [0.1, 0.15) is 22.8 Å². The molecule has 4 atom stereocenters. The topological polar surface area (TPSA) is 161 Å². The highest BCUT2D eigenvalue weighted by Crippen LogP contribution is 2.55. The highest BCUT2D eigenvalue weighted by molar-refractivity contribution is 8.00. The second-order valence-corrected chi connectivity index (χ2v) is 9.56. The molecule has 1 heterocycles. The van der Waals surface area contributed by atoms with E-state index >= 15 is 0 Å². The van der Waals surface area contributed by atoms with Crippen molar-refractivity contribution in [2.45, 2.75) is 28.2 Å². The van der Waals surface area contributed by atoms with Crippen LogP contribution in [0.3, 0.4) is 0 Å². The molecule has 1 aliphatic heterocycles. The van der Waals surface area contributed by atoms with Gasteiger partial charge in [0.15, 0.2) is 11.4 Å². The van der Waals surface area contributed by atoms with Crippen LogP contribution in [0.25, 0.3) is 0 Å². The molecule has 0 aromatic heterocycles. The van der Waals surface area contributed by atoms with Crippen LogP contribution in [-0.2, 0) is 9.59 Å². The molecular formula is C20H19ClN2O7S. The fraction of sp³-hybridized carbons (Fsp3) is 0.350. The molecule has 3 aliphatic rings. The van der Waals surface area contributed by atoms with E-state index in [1.807, 2.05) is 0 Å². The summed E-state index contributed by atoms with van der Waals surface area (Å²) in [6.45, 7) is 0. The average molecular weight is 467 g/mol. The van der Waals surface area contributed by atoms with Gasteiger partial charge < -0.3 is 26.2 Å². The van der Waals surface area contributed by atoms with E-state index in [1.165, 1.54) is 17.0 Å². The number of rotatable bonds is 2. The largest absolute Gasteiger partial charge is 0.510 e. The number of aliphatic hydroxyl groups excluding tert-OH is 2. The minimum absolute atomic E-state index is 0.0115. The number of halogens is 1. The summed E-state index contributed by atoms with van der Waals surface area (Å²) in [4.78, 5) is 40.0. The van der Waals surface area contributed by atoms with E-state index in [1.54, 1.807) is 14.1 Å². The Morgan fingerprint density at radius 3 is 2.48 bits per heavy atom. The number of aromatic hydroxyl groups is 1.